The van der Waals surface area contributed by atoms with Gasteiger partial charge >= 0.3 is 0 Å². The van der Waals surface area contributed by atoms with E-state index >= 15 is 0 Å². The number of aryl methyl sites for hydroxylation is 1. The van der Waals surface area contributed by atoms with Crippen LogP contribution in [-0.4, -0.2) is 21.3 Å². The summed E-state index contributed by atoms with van der Waals surface area (Å²) in [6.07, 6.45) is 0.714. The second-order valence-corrected chi connectivity index (χ2v) is 10.6. The van der Waals surface area contributed by atoms with Gasteiger partial charge in [-0.05, 0) is 66.6 Å². The zero-order chi connectivity index (χ0) is 25.2. The van der Waals surface area contributed by atoms with Gasteiger partial charge in [0.2, 0.25) is 15.6 Å². The van der Waals surface area contributed by atoms with Crippen molar-refractivity contribution in [2.45, 2.75) is 23.1 Å². The number of rotatable bonds is 8. The number of ketones is 1. The molecule has 35 heavy (non-hydrogen) atoms. The van der Waals surface area contributed by atoms with Crippen LogP contribution in [0.3, 0.4) is 0 Å². The van der Waals surface area contributed by atoms with Gasteiger partial charge in [-0.25, -0.2) is 12.8 Å². The van der Waals surface area contributed by atoms with Crippen LogP contribution in [0.2, 0.25) is 0 Å². The third-order valence-corrected chi connectivity index (χ3v) is 8.60. The Kier molecular flexibility index (Phi) is 6.90. The molecule has 180 valence electrons. The molecule has 0 aliphatic carbocycles. The minimum Gasteiger partial charge on any atom is -0.497 e. The van der Waals surface area contributed by atoms with E-state index in [2.05, 4.69) is 5.32 Å². The van der Waals surface area contributed by atoms with Gasteiger partial charge in [-0.2, -0.15) is 0 Å². The summed E-state index contributed by atoms with van der Waals surface area (Å²) in [4.78, 5) is 13.1. The molecular formula is C26H23FN2O4S2. The molecule has 0 amide bonds. The number of benzene rings is 3. The lowest BCUT2D eigenvalue weighted by Gasteiger charge is -2.12. The Morgan fingerprint density at radius 1 is 1.03 bits per heavy atom. The van der Waals surface area contributed by atoms with Gasteiger partial charge in [0.25, 0.3) is 0 Å². The summed E-state index contributed by atoms with van der Waals surface area (Å²) in [7, 11) is -2.62. The predicted octanol–water partition coefficient (Wildman–Crippen LogP) is 5.85. The van der Waals surface area contributed by atoms with Crippen LogP contribution in [0.4, 0.5) is 20.8 Å². The van der Waals surface area contributed by atoms with Gasteiger partial charge in [0.05, 0.1) is 17.7 Å². The molecular weight excluding hydrogens is 487 g/mol. The molecule has 3 N–H and O–H groups in total. The van der Waals surface area contributed by atoms with Crippen molar-refractivity contribution in [3.8, 4) is 5.75 Å². The maximum atomic E-state index is 13.7. The summed E-state index contributed by atoms with van der Waals surface area (Å²) >= 11 is 0.953. The van der Waals surface area contributed by atoms with Crippen molar-refractivity contribution < 1.29 is 22.3 Å². The molecule has 4 rings (SSSR count). The summed E-state index contributed by atoms with van der Waals surface area (Å²) in [5.41, 5.74) is 8.08. The summed E-state index contributed by atoms with van der Waals surface area (Å²) in [6.45, 7) is 1.99. The van der Waals surface area contributed by atoms with Crippen molar-refractivity contribution in [2.24, 2.45) is 0 Å². The first kappa shape index (κ1) is 24.4. The highest BCUT2D eigenvalue weighted by Gasteiger charge is 2.32. The molecule has 0 atom stereocenters. The lowest BCUT2D eigenvalue weighted by Crippen LogP contribution is -2.08. The van der Waals surface area contributed by atoms with Crippen molar-refractivity contribution >= 4 is 43.3 Å². The molecule has 0 aliphatic heterocycles. The van der Waals surface area contributed by atoms with E-state index in [1.807, 2.05) is 31.2 Å². The van der Waals surface area contributed by atoms with Crippen LogP contribution in [0.5, 0.6) is 5.75 Å². The number of methoxy groups -OCH3 is 1. The fourth-order valence-electron chi connectivity index (χ4n) is 3.62. The minimum absolute atomic E-state index is 0.00964. The summed E-state index contributed by atoms with van der Waals surface area (Å²) < 4.78 is 46.0. The molecule has 0 saturated carbocycles. The number of anilines is 3. The molecule has 1 aromatic heterocycles. The number of hydrogen-bond acceptors (Lipinski definition) is 7. The lowest BCUT2D eigenvalue weighted by atomic mass is 10.1. The number of halogens is 1. The number of carbonyl (C=O) groups excluding carboxylic acids is 1. The highest BCUT2D eigenvalue weighted by Crippen LogP contribution is 2.44. The summed E-state index contributed by atoms with van der Waals surface area (Å²) in [5.74, 6) is -0.470. The highest BCUT2D eigenvalue weighted by molar-refractivity contribution is 7.92. The van der Waals surface area contributed by atoms with Crippen LogP contribution >= 0.6 is 11.3 Å². The van der Waals surface area contributed by atoms with Crippen LogP contribution in [-0.2, 0) is 16.3 Å². The number of hydrogen-bond donors (Lipinski definition) is 2. The third kappa shape index (κ3) is 4.78. The zero-order valence-electron chi connectivity index (χ0n) is 19.0. The number of nitrogen functional groups attached to an aromatic ring is 1. The van der Waals surface area contributed by atoms with E-state index < -0.39 is 21.4 Å². The largest absolute Gasteiger partial charge is 0.497 e. The molecule has 0 bridgehead atoms. The van der Waals surface area contributed by atoms with E-state index in [0.717, 1.165) is 16.9 Å². The number of ether oxygens (including phenoxy) is 1. The zero-order valence-corrected chi connectivity index (χ0v) is 20.7. The quantitative estimate of drug-likeness (QED) is 0.289. The van der Waals surface area contributed by atoms with Crippen molar-refractivity contribution in [3.63, 3.8) is 0 Å². The Morgan fingerprint density at radius 3 is 2.31 bits per heavy atom. The van der Waals surface area contributed by atoms with E-state index in [4.69, 9.17) is 10.5 Å². The Bertz CT molecular complexity index is 1480. The molecule has 0 aliphatic rings. The van der Waals surface area contributed by atoms with Gasteiger partial charge in [0.15, 0.2) is 0 Å². The number of nitrogens with one attached hydrogen (secondary N) is 1. The molecule has 0 saturated heterocycles. The fraction of sp³-hybridized carbons (Fsp3) is 0.115. The summed E-state index contributed by atoms with van der Waals surface area (Å²) in [5, 5.41) is 3.42. The van der Waals surface area contributed by atoms with Gasteiger partial charge in [0.1, 0.15) is 26.3 Å². The van der Waals surface area contributed by atoms with Crippen molar-refractivity contribution in [1.82, 2.24) is 0 Å². The molecule has 6 nitrogen and oxygen atoms in total. The fourth-order valence-corrected chi connectivity index (χ4v) is 6.55. The van der Waals surface area contributed by atoms with Crippen molar-refractivity contribution in [2.75, 3.05) is 18.2 Å². The topological polar surface area (TPSA) is 98.5 Å². The van der Waals surface area contributed by atoms with Crippen LogP contribution < -0.4 is 15.8 Å². The Balaban J connectivity index is 1.88. The average Bonchev–Trinajstić information content (AvgIpc) is 3.20. The summed E-state index contributed by atoms with van der Waals surface area (Å²) in [6, 6.07) is 18.5. The Hall–Kier alpha value is -3.69. The second-order valence-electron chi connectivity index (χ2n) is 7.65. The van der Waals surface area contributed by atoms with E-state index in [1.165, 1.54) is 43.5 Å². The molecule has 0 radical (unpaired) electrons. The first-order chi connectivity index (χ1) is 16.8. The second kappa shape index (κ2) is 9.89. The molecule has 0 fully saturated rings. The number of carbonyl (C=O) groups is 1. The van der Waals surface area contributed by atoms with Crippen molar-refractivity contribution in [3.05, 3.63) is 94.6 Å². The maximum absolute atomic E-state index is 13.7. The van der Waals surface area contributed by atoms with Gasteiger partial charge in [0, 0.05) is 11.3 Å². The van der Waals surface area contributed by atoms with Gasteiger partial charge < -0.3 is 15.8 Å². The maximum Gasteiger partial charge on any atom is 0.211 e. The molecule has 0 unspecified atom stereocenters. The smallest absolute Gasteiger partial charge is 0.211 e. The standard InChI is InChI=1S/C26H23FN2O4S2/c1-3-16-6-4-5-7-21(16)29-26-25(35(31,32)20-14-12-19(33-2)13-15-20)22(28)24(34-26)23(30)17-8-10-18(27)11-9-17/h4-15,29H,3,28H2,1-2H3. The van der Waals surface area contributed by atoms with Gasteiger partial charge in [-0.15, -0.1) is 11.3 Å². The highest BCUT2D eigenvalue weighted by atomic mass is 32.2. The molecule has 9 heteroatoms. The number of sulfone groups is 1. The van der Waals surface area contributed by atoms with Crippen LogP contribution in [0, 0.1) is 5.82 Å². The first-order valence-corrected chi connectivity index (χ1v) is 13.0. The third-order valence-electron chi connectivity index (χ3n) is 5.50. The van der Waals surface area contributed by atoms with Gasteiger partial charge in [-0.3, -0.25) is 4.79 Å². The van der Waals surface area contributed by atoms with E-state index in [9.17, 15) is 17.6 Å². The molecule has 1 heterocycles. The van der Waals surface area contributed by atoms with Crippen molar-refractivity contribution in [1.29, 1.82) is 0 Å². The van der Waals surface area contributed by atoms with E-state index in [0.29, 0.717) is 17.9 Å². The SMILES string of the molecule is CCc1ccccc1Nc1sc(C(=O)c2ccc(F)cc2)c(N)c1S(=O)(=O)c1ccc(OC)cc1. The lowest BCUT2D eigenvalue weighted by molar-refractivity contribution is 0.104. The number of nitrogens with two attached hydrogens (primary N) is 1. The number of para-hydroxylation sites is 1. The predicted molar refractivity (Wildman–Crippen MR) is 136 cm³/mol. The van der Waals surface area contributed by atoms with E-state index in [-0.39, 0.29) is 30.9 Å². The molecule has 0 spiro atoms. The van der Waals surface area contributed by atoms with Crippen LogP contribution in [0.15, 0.2) is 82.6 Å². The van der Waals surface area contributed by atoms with E-state index in [1.54, 1.807) is 12.1 Å². The minimum atomic E-state index is -4.11. The monoisotopic (exact) mass is 510 g/mol. The molecule has 3 aromatic carbocycles. The average molecular weight is 511 g/mol. The van der Waals surface area contributed by atoms with Gasteiger partial charge in [-0.1, -0.05) is 25.1 Å². The Morgan fingerprint density at radius 2 is 1.69 bits per heavy atom. The first-order valence-electron chi connectivity index (χ1n) is 10.7. The Labute approximate surface area is 207 Å². The normalized spacial score (nSPS) is 11.3. The number of thiophene rings is 1. The molecule has 4 aromatic rings. The van der Waals surface area contributed by atoms with Crippen LogP contribution in [0.25, 0.3) is 0 Å². The van der Waals surface area contributed by atoms with Crippen LogP contribution in [0.1, 0.15) is 27.7 Å².